The number of ether oxygens (including phenoxy) is 1. The Morgan fingerprint density at radius 2 is 2.22 bits per heavy atom. The van der Waals surface area contributed by atoms with E-state index in [-0.39, 0.29) is 0 Å². The van der Waals surface area contributed by atoms with E-state index < -0.39 is 8.07 Å². The van der Waals surface area contributed by atoms with Gasteiger partial charge in [0.05, 0.1) is 0 Å². The summed E-state index contributed by atoms with van der Waals surface area (Å²) in [5.41, 5.74) is 1.55. The molecule has 18 heavy (non-hydrogen) atoms. The van der Waals surface area contributed by atoms with Crippen molar-refractivity contribution >= 4 is 19.1 Å². The topological polar surface area (TPSA) is 51.2 Å². The molecule has 0 aromatic carbocycles. The maximum absolute atomic E-state index is 9.59. The summed E-state index contributed by atoms with van der Waals surface area (Å²) >= 11 is 0. The van der Waals surface area contributed by atoms with Gasteiger partial charge in [-0.3, -0.25) is 5.21 Å². The molecule has 0 saturated heterocycles. The fraction of sp³-hybridized carbons (Fsp3) is 0.500. The van der Waals surface area contributed by atoms with Crippen LogP contribution in [0.15, 0.2) is 24.5 Å². The molecule has 1 N–H and O–H groups in total. The van der Waals surface area contributed by atoms with Crippen LogP contribution < -0.4 is 4.73 Å². The average molecular weight is 266 g/mol. The first kappa shape index (κ1) is 13.0. The lowest BCUT2D eigenvalue weighted by Crippen LogP contribution is -2.29. The maximum Gasteiger partial charge on any atom is 0.302 e. The Balaban J connectivity index is 1.98. The number of pyridine rings is 1. The van der Waals surface area contributed by atoms with Gasteiger partial charge in [-0.1, -0.05) is 19.6 Å². The van der Waals surface area contributed by atoms with E-state index in [1.54, 1.807) is 23.1 Å². The third-order valence-electron chi connectivity index (χ3n) is 2.80. The normalized spacial score (nSPS) is 12.2. The van der Waals surface area contributed by atoms with Gasteiger partial charge in [-0.15, -0.1) is 0 Å². The minimum absolute atomic E-state index is 0.429. The summed E-state index contributed by atoms with van der Waals surface area (Å²) in [5, 5.41) is 13.8. The molecule has 0 bridgehead atoms. The molecule has 0 aliphatic rings. The highest BCUT2D eigenvalue weighted by Crippen LogP contribution is 2.10. The van der Waals surface area contributed by atoms with Gasteiger partial charge in [0, 0.05) is 25.5 Å². The zero-order valence-corrected chi connectivity index (χ0v) is 12.1. The van der Waals surface area contributed by atoms with Crippen molar-refractivity contribution < 1.29 is 14.7 Å². The van der Waals surface area contributed by atoms with Crippen LogP contribution in [0.3, 0.4) is 0 Å². The van der Waals surface area contributed by atoms with Crippen molar-refractivity contribution in [3.63, 3.8) is 0 Å². The van der Waals surface area contributed by atoms with Crippen LogP contribution in [0.4, 0.5) is 0 Å². The first-order valence-electron chi connectivity index (χ1n) is 6.10. The van der Waals surface area contributed by atoms with E-state index in [4.69, 9.17) is 4.74 Å². The molecule has 2 aromatic rings. The first-order chi connectivity index (χ1) is 8.47. The molecule has 0 radical (unpaired) electrons. The largest absolute Gasteiger partial charge is 0.360 e. The Bertz CT molecular complexity index is 534. The van der Waals surface area contributed by atoms with Crippen LogP contribution in [0, 0.1) is 0 Å². The number of aromatic nitrogens is 3. The Morgan fingerprint density at radius 3 is 2.94 bits per heavy atom. The van der Waals surface area contributed by atoms with Gasteiger partial charge in [0.1, 0.15) is 18.4 Å². The van der Waals surface area contributed by atoms with Crippen LogP contribution in [0.5, 0.6) is 0 Å². The van der Waals surface area contributed by atoms with Crippen molar-refractivity contribution in [3.05, 3.63) is 24.5 Å². The molecule has 0 saturated carbocycles. The molecule has 2 aromatic heterocycles. The molecule has 0 spiro atoms. The van der Waals surface area contributed by atoms with Crippen LogP contribution in [-0.2, 0) is 11.5 Å². The summed E-state index contributed by atoms with van der Waals surface area (Å²) in [7, 11) is -1.04. The molecule has 0 aliphatic carbocycles. The van der Waals surface area contributed by atoms with Crippen LogP contribution in [0.2, 0.25) is 25.7 Å². The fourth-order valence-corrected chi connectivity index (χ4v) is 2.42. The van der Waals surface area contributed by atoms with Crippen molar-refractivity contribution in [2.75, 3.05) is 6.61 Å². The second kappa shape index (κ2) is 5.07. The van der Waals surface area contributed by atoms with Gasteiger partial charge in [-0.05, 0) is 12.1 Å². The van der Waals surface area contributed by atoms with Gasteiger partial charge in [0.15, 0.2) is 0 Å². The standard InChI is InChI=1S/C12H20N3O2Si/c1-18(2,3)8-7-17-10-14-11-5-4-6-15(16)12(11)9-13-14/h4-6,9,16H,7-8,10H2,1-3H3/q+1. The first-order valence-corrected chi connectivity index (χ1v) is 9.81. The van der Waals surface area contributed by atoms with E-state index in [9.17, 15) is 5.21 Å². The Labute approximate surface area is 108 Å². The second-order valence-corrected chi connectivity index (χ2v) is 11.2. The van der Waals surface area contributed by atoms with Gasteiger partial charge in [-0.2, -0.15) is 5.10 Å². The lowest BCUT2D eigenvalue weighted by atomic mass is 10.4. The summed E-state index contributed by atoms with van der Waals surface area (Å²) in [6.07, 6.45) is 3.22. The molecule has 0 aliphatic heterocycles. The Kier molecular flexibility index (Phi) is 3.67. The van der Waals surface area contributed by atoms with Crippen molar-refractivity contribution in [1.82, 2.24) is 9.78 Å². The summed E-state index contributed by atoms with van der Waals surface area (Å²) in [4.78, 5) is 0. The average Bonchev–Trinajstić information content (AvgIpc) is 2.68. The van der Waals surface area contributed by atoms with Gasteiger partial charge in [0.2, 0.25) is 6.20 Å². The van der Waals surface area contributed by atoms with Crippen molar-refractivity contribution in [2.24, 2.45) is 0 Å². The number of rotatable bonds is 5. The second-order valence-electron chi connectivity index (χ2n) is 5.62. The van der Waals surface area contributed by atoms with E-state index in [1.807, 2.05) is 6.07 Å². The summed E-state index contributed by atoms with van der Waals surface area (Å²) in [5.74, 6) is 0. The number of fused-ring (bicyclic) bond motifs is 1. The fourth-order valence-electron chi connectivity index (χ4n) is 1.66. The molecule has 0 amide bonds. The predicted octanol–water partition coefficient (Wildman–Crippen LogP) is 1.87. The number of nitrogens with zero attached hydrogens (tertiary/aromatic N) is 3. The van der Waals surface area contributed by atoms with E-state index in [1.165, 1.54) is 0 Å². The molecule has 0 atom stereocenters. The maximum atomic E-state index is 9.59. The molecule has 5 nitrogen and oxygen atoms in total. The van der Waals surface area contributed by atoms with Gasteiger partial charge >= 0.3 is 5.52 Å². The molecule has 98 valence electrons. The van der Waals surface area contributed by atoms with Crippen molar-refractivity contribution in [1.29, 1.82) is 0 Å². The highest BCUT2D eigenvalue weighted by atomic mass is 28.3. The summed E-state index contributed by atoms with van der Waals surface area (Å²) in [6.45, 7) is 8.18. The molecule has 0 unspecified atom stereocenters. The van der Waals surface area contributed by atoms with Gasteiger partial charge in [-0.25, -0.2) is 4.68 Å². The number of hydrogen-bond donors (Lipinski definition) is 1. The lowest BCUT2D eigenvalue weighted by molar-refractivity contribution is -0.884. The Morgan fingerprint density at radius 1 is 1.44 bits per heavy atom. The van der Waals surface area contributed by atoms with Gasteiger partial charge < -0.3 is 4.74 Å². The van der Waals surface area contributed by atoms with E-state index in [0.29, 0.717) is 12.2 Å². The molecule has 2 rings (SSSR count). The molecular formula is C12H20N3O2Si+. The predicted molar refractivity (Wildman–Crippen MR) is 71.2 cm³/mol. The zero-order chi connectivity index (χ0) is 13.2. The highest BCUT2D eigenvalue weighted by Gasteiger charge is 2.14. The van der Waals surface area contributed by atoms with Crippen LogP contribution in [-0.4, -0.2) is 29.7 Å². The number of hydrogen-bond acceptors (Lipinski definition) is 3. The molecular weight excluding hydrogens is 246 g/mol. The summed E-state index contributed by atoms with van der Waals surface area (Å²) in [6, 6.07) is 4.84. The van der Waals surface area contributed by atoms with Gasteiger partial charge in [0.25, 0.3) is 0 Å². The smallest absolute Gasteiger partial charge is 0.302 e. The SMILES string of the molecule is C[Si](C)(C)CCOCn1ncc2c1ccc[n+]2O. The third-order valence-corrected chi connectivity index (χ3v) is 4.50. The van der Waals surface area contributed by atoms with Crippen LogP contribution in [0.25, 0.3) is 11.0 Å². The monoisotopic (exact) mass is 266 g/mol. The van der Waals surface area contributed by atoms with Crippen molar-refractivity contribution in [3.8, 4) is 0 Å². The zero-order valence-electron chi connectivity index (χ0n) is 11.1. The minimum atomic E-state index is -1.04. The molecule has 6 heteroatoms. The molecule has 2 heterocycles. The molecule has 0 fully saturated rings. The van der Waals surface area contributed by atoms with E-state index in [0.717, 1.165) is 22.9 Å². The Hall–Kier alpha value is -1.40. The third kappa shape index (κ3) is 3.08. The minimum Gasteiger partial charge on any atom is -0.360 e. The lowest BCUT2D eigenvalue weighted by Gasteiger charge is -2.15. The highest BCUT2D eigenvalue weighted by molar-refractivity contribution is 6.76. The van der Waals surface area contributed by atoms with Crippen LogP contribution in [0.1, 0.15) is 0 Å². The van der Waals surface area contributed by atoms with Crippen molar-refractivity contribution in [2.45, 2.75) is 32.4 Å². The quantitative estimate of drug-likeness (QED) is 0.389. The van der Waals surface area contributed by atoms with E-state index in [2.05, 4.69) is 24.7 Å². The van der Waals surface area contributed by atoms with E-state index >= 15 is 0 Å². The van der Waals surface area contributed by atoms with Crippen LogP contribution >= 0.6 is 0 Å². The summed E-state index contributed by atoms with van der Waals surface area (Å²) < 4.78 is 8.47.